The normalized spacial score (nSPS) is 10.7. The quantitative estimate of drug-likeness (QED) is 0.791. The maximum atomic E-state index is 12.1. The number of nitrogens with one attached hydrogen (secondary N) is 1. The van der Waals surface area contributed by atoms with Crippen LogP contribution in [0.2, 0.25) is 0 Å². The van der Waals surface area contributed by atoms with Crippen LogP contribution >= 0.6 is 0 Å². The van der Waals surface area contributed by atoms with Gasteiger partial charge in [-0.15, -0.1) is 0 Å². The Labute approximate surface area is 134 Å². The van der Waals surface area contributed by atoms with E-state index in [9.17, 15) is 4.79 Å². The third-order valence-electron chi connectivity index (χ3n) is 3.71. The van der Waals surface area contributed by atoms with Gasteiger partial charge in [-0.2, -0.15) is 10.2 Å². The van der Waals surface area contributed by atoms with Crippen molar-refractivity contribution in [1.82, 2.24) is 29.9 Å². The molecule has 7 nitrogen and oxygen atoms in total. The maximum absolute atomic E-state index is 12.1. The second-order valence-electron chi connectivity index (χ2n) is 5.40. The first-order valence-corrected chi connectivity index (χ1v) is 7.26. The Balaban J connectivity index is 1.71. The zero-order valence-corrected chi connectivity index (χ0v) is 13.3. The first kappa shape index (κ1) is 15.0. The summed E-state index contributed by atoms with van der Waals surface area (Å²) in [6.07, 6.45) is 5.27. The molecule has 0 radical (unpaired) electrons. The van der Waals surface area contributed by atoms with Crippen LogP contribution in [0.1, 0.15) is 21.7 Å². The largest absolute Gasteiger partial charge is 0.347 e. The summed E-state index contributed by atoms with van der Waals surface area (Å²) in [6.45, 7) is 2.30. The van der Waals surface area contributed by atoms with Gasteiger partial charge in [0.05, 0.1) is 5.69 Å². The van der Waals surface area contributed by atoms with Crippen LogP contribution < -0.4 is 5.32 Å². The number of aromatic nitrogens is 5. The minimum atomic E-state index is -0.195. The fourth-order valence-corrected chi connectivity index (χ4v) is 2.33. The van der Waals surface area contributed by atoms with E-state index in [0.717, 1.165) is 22.5 Å². The molecule has 3 heterocycles. The van der Waals surface area contributed by atoms with Gasteiger partial charge in [0.2, 0.25) is 0 Å². The van der Waals surface area contributed by atoms with Crippen molar-refractivity contribution in [2.45, 2.75) is 13.5 Å². The van der Waals surface area contributed by atoms with E-state index in [4.69, 9.17) is 0 Å². The monoisotopic (exact) mass is 310 g/mol. The summed E-state index contributed by atoms with van der Waals surface area (Å²) in [5.41, 5.74) is 4.22. The van der Waals surface area contributed by atoms with E-state index >= 15 is 0 Å². The van der Waals surface area contributed by atoms with Gasteiger partial charge in [0, 0.05) is 50.5 Å². The van der Waals surface area contributed by atoms with E-state index in [-0.39, 0.29) is 5.91 Å². The van der Waals surface area contributed by atoms with Gasteiger partial charge in [0.25, 0.3) is 5.91 Å². The van der Waals surface area contributed by atoms with Gasteiger partial charge >= 0.3 is 0 Å². The number of pyridine rings is 1. The summed E-state index contributed by atoms with van der Waals surface area (Å²) in [7, 11) is 3.70. The molecule has 1 amide bonds. The summed E-state index contributed by atoms with van der Waals surface area (Å²) in [5, 5.41) is 11.2. The van der Waals surface area contributed by atoms with Crippen LogP contribution in [0, 0.1) is 6.92 Å². The van der Waals surface area contributed by atoms with Gasteiger partial charge in [-0.1, -0.05) is 0 Å². The van der Waals surface area contributed by atoms with Gasteiger partial charge in [-0.05, 0) is 30.7 Å². The van der Waals surface area contributed by atoms with Crippen molar-refractivity contribution in [3.8, 4) is 11.3 Å². The molecule has 0 unspecified atom stereocenters. The first-order chi connectivity index (χ1) is 11.0. The van der Waals surface area contributed by atoms with Crippen molar-refractivity contribution < 1.29 is 4.79 Å². The minimum Gasteiger partial charge on any atom is -0.347 e. The van der Waals surface area contributed by atoms with Gasteiger partial charge in [-0.25, -0.2) is 0 Å². The lowest BCUT2D eigenvalue weighted by molar-refractivity contribution is 0.0945. The third-order valence-corrected chi connectivity index (χ3v) is 3.71. The SMILES string of the molecule is Cc1cc(C(=O)NCc2cncc(-c3ccnn3C)c2)nn1C. The Bertz CT molecular complexity index is 828. The average molecular weight is 310 g/mol. The third kappa shape index (κ3) is 3.13. The molecular formula is C16H18N6O. The number of carbonyl (C=O) groups is 1. The van der Waals surface area contributed by atoms with Crippen molar-refractivity contribution in [2.75, 3.05) is 0 Å². The Morgan fingerprint density at radius 2 is 2.04 bits per heavy atom. The lowest BCUT2D eigenvalue weighted by Gasteiger charge is -2.06. The van der Waals surface area contributed by atoms with Crippen LogP contribution in [0.15, 0.2) is 36.8 Å². The molecule has 0 aliphatic carbocycles. The van der Waals surface area contributed by atoms with E-state index in [1.807, 2.05) is 33.2 Å². The number of hydrogen-bond donors (Lipinski definition) is 1. The summed E-state index contributed by atoms with van der Waals surface area (Å²) in [5.74, 6) is -0.195. The average Bonchev–Trinajstić information content (AvgIpc) is 3.11. The van der Waals surface area contributed by atoms with E-state index < -0.39 is 0 Å². The highest BCUT2D eigenvalue weighted by Crippen LogP contribution is 2.18. The summed E-state index contributed by atoms with van der Waals surface area (Å²) >= 11 is 0. The highest BCUT2D eigenvalue weighted by atomic mass is 16.1. The van der Waals surface area contributed by atoms with Gasteiger partial charge < -0.3 is 5.32 Å². The standard InChI is InChI=1S/C16H18N6O/c1-11-6-14(20-21(11)2)16(23)18-9-12-7-13(10-17-8-12)15-4-5-19-22(15)3/h4-8,10H,9H2,1-3H3,(H,18,23). The second-order valence-corrected chi connectivity index (χ2v) is 5.40. The fourth-order valence-electron chi connectivity index (χ4n) is 2.33. The Morgan fingerprint density at radius 3 is 2.70 bits per heavy atom. The zero-order valence-electron chi connectivity index (χ0n) is 13.3. The molecule has 0 saturated heterocycles. The molecule has 0 aliphatic rings. The summed E-state index contributed by atoms with van der Waals surface area (Å²) in [4.78, 5) is 16.4. The van der Waals surface area contributed by atoms with Gasteiger partial charge in [-0.3, -0.25) is 19.1 Å². The maximum Gasteiger partial charge on any atom is 0.272 e. The molecule has 0 spiro atoms. The number of hydrogen-bond acceptors (Lipinski definition) is 4. The molecule has 0 aliphatic heterocycles. The molecule has 0 aromatic carbocycles. The fraction of sp³-hybridized carbons (Fsp3) is 0.250. The van der Waals surface area contributed by atoms with Gasteiger partial charge in [0.15, 0.2) is 0 Å². The van der Waals surface area contributed by atoms with E-state index in [1.54, 1.807) is 34.0 Å². The molecule has 3 aromatic rings. The van der Waals surface area contributed by atoms with E-state index in [1.165, 1.54) is 0 Å². The molecule has 0 saturated carbocycles. The molecule has 0 atom stereocenters. The van der Waals surface area contributed by atoms with E-state index in [0.29, 0.717) is 12.2 Å². The number of aryl methyl sites for hydroxylation is 3. The number of rotatable bonds is 4. The molecule has 0 bridgehead atoms. The number of carbonyl (C=O) groups excluding carboxylic acids is 1. The molecular weight excluding hydrogens is 292 g/mol. The van der Waals surface area contributed by atoms with Crippen molar-refractivity contribution in [3.63, 3.8) is 0 Å². The second kappa shape index (κ2) is 6.04. The molecule has 118 valence electrons. The Morgan fingerprint density at radius 1 is 1.22 bits per heavy atom. The Kier molecular flexibility index (Phi) is 3.92. The molecule has 23 heavy (non-hydrogen) atoms. The number of amides is 1. The number of nitrogens with zero attached hydrogens (tertiary/aromatic N) is 5. The highest BCUT2D eigenvalue weighted by Gasteiger charge is 2.11. The van der Waals surface area contributed by atoms with Gasteiger partial charge in [0.1, 0.15) is 5.69 Å². The van der Waals surface area contributed by atoms with Crippen LogP contribution in [-0.4, -0.2) is 30.5 Å². The molecule has 3 aromatic heterocycles. The lowest BCUT2D eigenvalue weighted by atomic mass is 10.1. The highest BCUT2D eigenvalue weighted by molar-refractivity contribution is 5.92. The first-order valence-electron chi connectivity index (χ1n) is 7.26. The van der Waals surface area contributed by atoms with Crippen LogP contribution in [0.4, 0.5) is 0 Å². The van der Waals surface area contributed by atoms with Crippen molar-refractivity contribution in [1.29, 1.82) is 0 Å². The smallest absolute Gasteiger partial charge is 0.272 e. The lowest BCUT2D eigenvalue weighted by Crippen LogP contribution is -2.23. The van der Waals surface area contributed by atoms with Crippen LogP contribution in [0.25, 0.3) is 11.3 Å². The zero-order chi connectivity index (χ0) is 16.4. The molecule has 0 fully saturated rings. The van der Waals surface area contributed by atoms with Crippen molar-refractivity contribution >= 4 is 5.91 Å². The molecule has 1 N–H and O–H groups in total. The molecule has 3 rings (SSSR count). The predicted octanol–water partition coefficient (Wildman–Crippen LogP) is 1.45. The van der Waals surface area contributed by atoms with Crippen LogP contribution in [0.3, 0.4) is 0 Å². The van der Waals surface area contributed by atoms with Crippen LogP contribution in [-0.2, 0) is 20.6 Å². The Hall–Kier alpha value is -2.96. The summed E-state index contributed by atoms with van der Waals surface area (Å²) in [6, 6.07) is 5.68. The predicted molar refractivity (Wildman–Crippen MR) is 85.6 cm³/mol. The van der Waals surface area contributed by atoms with Crippen LogP contribution in [0.5, 0.6) is 0 Å². The van der Waals surface area contributed by atoms with E-state index in [2.05, 4.69) is 20.5 Å². The van der Waals surface area contributed by atoms with Crippen molar-refractivity contribution in [2.24, 2.45) is 14.1 Å². The minimum absolute atomic E-state index is 0.195. The topological polar surface area (TPSA) is 77.6 Å². The summed E-state index contributed by atoms with van der Waals surface area (Å²) < 4.78 is 3.47. The van der Waals surface area contributed by atoms with Crippen molar-refractivity contribution in [3.05, 3.63) is 53.7 Å². The molecule has 7 heteroatoms.